The predicted octanol–water partition coefficient (Wildman–Crippen LogP) is 5.05. The molecule has 0 radical (unpaired) electrons. The topological polar surface area (TPSA) is 99.9 Å². The van der Waals surface area contributed by atoms with Crippen LogP contribution >= 0.6 is 34.9 Å². The van der Waals surface area contributed by atoms with E-state index in [1.54, 1.807) is 43.8 Å². The van der Waals surface area contributed by atoms with E-state index in [9.17, 15) is 4.79 Å². The van der Waals surface area contributed by atoms with Crippen molar-refractivity contribution in [3.8, 4) is 11.5 Å². The number of thioether (sulfide) groups is 2. The number of benzene rings is 1. The minimum absolute atomic E-state index is 0.158. The molecule has 12 heteroatoms. The second kappa shape index (κ2) is 10.1. The van der Waals surface area contributed by atoms with Crippen molar-refractivity contribution in [2.45, 2.75) is 49.2 Å². The zero-order valence-electron chi connectivity index (χ0n) is 20.7. The van der Waals surface area contributed by atoms with Gasteiger partial charge in [0.15, 0.2) is 16.0 Å². The molecule has 0 fully saturated rings. The van der Waals surface area contributed by atoms with Crippen molar-refractivity contribution in [3.05, 3.63) is 28.6 Å². The smallest absolute Gasteiger partial charge is 0.234 e. The van der Waals surface area contributed by atoms with E-state index in [2.05, 4.69) is 29.4 Å². The average Bonchev–Trinajstić information content (AvgIpc) is 3.47. The first-order chi connectivity index (χ1) is 17.4. The monoisotopic (exact) mass is 545 g/mol. The summed E-state index contributed by atoms with van der Waals surface area (Å²) in [5, 5.41) is 14.4. The first-order valence-electron chi connectivity index (χ1n) is 11.4. The van der Waals surface area contributed by atoms with E-state index < -0.39 is 0 Å². The van der Waals surface area contributed by atoms with E-state index >= 15 is 0 Å². The fourth-order valence-electron chi connectivity index (χ4n) is 4.19. The second-order valence-electron chi connectivity index (χ2n) is 8.60. The van der Waals surface area contributed by atoms with Gasteiger partial charge in [0, 0.05) is 17.4 Å². The summed E-state index contributed by atoms with van der Waals surface area (Å²) in [6, 6.07) is 5.26. The Morgan fingerprint density at radius 3 is 2.83 bits per heavy atom. The summed E-state index contributed by atoms with van der Waals surface area (Å²) in [6.07, 6.45) is 3.73. The lowest BCUT2D eigenvalue weighted by Crippen LogP contribution is -2.33. The standard InChI is InChI=1S/C24H27N5O4S3/c1-6-24(2)10-14-17(11-33-24)36-21-19(14)20-27-28-23(29(20)22(26-21)34-5)35-12-18(30)25-15-8-7-13(31-3)9-16(15)32-4/h7-9H,6,10-12H2,1-5H3,(H,25,30)/t24-/m1/s1. The summed E-state index contributed by atoms with van der Waals surface area (Å²) in [5.41, 5.74) is 2.41. The molecule has 9 nitrogen and oxygen atoms in total. The summed E-state index contributed by atoms with van der Waals surface area (Å²) < 4.78 is 18.7. The van der Waals surface area contributed by atoms with Gasteiger partial charge in [-0.2, -0.15) is 0 Å². The van der Waals surface area contributed by atoms with Gasteiger partial charge in [-0.15, -0.1) is 21.5 Å². The van der Waals surface area contributed by atoms with Crippen molar-refractivity contribution in [1.82, 2.24) is 19.6 Å². The molecule has 1 N–H and O–H groups in total. The number of ether oxygens (including phenoxy) is 3. The van der Waals surface area contributed by atoms with Crippen molar-refractivity contribution >= 4 is 62.3 Å². The van der Waals surface area contributed by atoms with Crippen molar-refractivity contribution in [1.29, 1.82) is 0 Å². The van der Waals surface area contributed by atoms with Gasteiger partial charge in [0.1, 0.15) is 16.3 Å². The van der Waals surface area contributed by atoms with E-state index in [0.717, 1.165) is 33.9 Å². The Bertz CT molecular complexity index is 1450. The largest absolute Gasteiger partial charge is 0.497 e. The van der Waals surface area contributed by atoms with Crippen LogP contribution in [0.1, 0.15) is 30.7 Å². The Morgan fingerprint density at radius 1 is 1.28 bits per heavy atom. The number of rotatable bonds is 8. The van der Waals surface area contributed by atoms with Crippen LogP contribution in [0.5, 0.6) is 11.5 Å². The van der Waals surface area contributed by atoms with Crippen molar-refractivity contribution < 1.29 is 19.0 Å². The number of nitrogens with one attached hydrogen (secondary N) is 1. The molecule has 5 rings (SSSR count). The SMILES string of the molecule is CC[C@]1(C)Cc2c(sc3nc(SC)n4c(SCC(=O)Nc5ccc(OC)cc5OC)nnc4c23)CO1. The number of anilines is 1. The molecule has 0 spiro atoms. The molecule has 4 aromatic rings. The maximum Gasteiger partial charge on any atom is 0.234 e. The molecule has 0 saturated carbocycles. The molecule has 1 aliphatic heterocycles. The molecule has 3 aromatic heterocycles. The molecule has 190 valence electrons. The van der Waals surface area contributed by atoms with Crippen molar-refractivity contribution in [3.63, 3.8) is 0 Å². The van der Waals surface area contributed by atoms with Gasteiger partial charge in [0.2, 0.25) is 5.91 Å². The Kier molecular flexibility index (Phi) is 7.03. The molecular formula is C24H27N5O4S3. The first kappa shape index (κ1) is 25.1. The fraction of sp³-hybridized carbons (Fsp3) is 0.417. The number of hydrogen-bond acceptors (Lipinski definition) is 10. The highest BCUT2D eigenvalue weighted by atomic mass is 32.2. The maximum absolute atomic E-state index is 12.8. The first-order valence-corrected chi connectivity index (χ1v) is 14.4. The van der Waals surface area contributed by atoms with E-state index in [1.165, 1.54) is 34.0 Å². The minimum atomic E-state index is -0.200. The van der Waals surface area contributed by atoms with Crippen LogP contribution in [0, 0.1) is 0 Å². The predicted molar refractivity (Wildman–Crippen MR) is 144 cm³/mol. The molecule has 1 amide bonds. The lowest BCUT2D eigenvalue weighted by molar-refractivity contribution is -0.113. The number of amides is 1. The van der Waals surface area contributed by atoms with Gasteiger partial charge in [0.25, 0.3) is 0 Å². The third kappa shape index (κ3) is 4.51. The van der Waals surface area contributed by atoms with Crippen LogP contribution in [-0.4, -0.2) is 57.3 Å². The number of carbonyl (C=O) groups is 1. The Hall–Kier alpha value is -2.54. The van der Waals surface area contributed by atoms with E-state index in [0.29, 0.717) is 28.9 Å². The van der Waals surface area contributed by atoms with Gasteiger partial charge < -0.3 is 19.5 Å². The van der Waals surface area contributed by atoms with Crippen LogP contribution in [0.2, 0.25) is 0 Å². The number of carbonyl (C=O) groups excluding carboxylic acids is 1. The number of fused-ring (bicyclic) bond motifs is 5. The summed E-state index contributed by atoms with van der Waals surface area (Å²) in [7, 11) is 3.14. The number of methoxy groups -OCH3 is 2. The molecular weight excluding hydrogens is 518 g/mol. The van der Waals surface area contributed by atoms with Crippen LogP contribution in [0.3, 0.4) is 0 Å². The number of aromatic nitrogens is 4. The lowest BCUT2D eigenvalue weighted by Gasteiger charge is -2.32. The minimum Gasteiger partial charge on any atom is -0.497 e. The molecule has 0 saturated heterocycles. The summed E-state index contributed by atoms with van der Waals surface area (Å²) in [6.45, 7) is 4.89. The molecule has 0 unspecified atom stereocenters. The Balaban J connectivity index is 1.43. The highest BCUT2D eigenvalue weighted by molar-refractivity contribution is 8.00. The van der Waals surface area contributed by atoms with Gasteiger partial charge in [-0.1, -0.05) is 30.4 Å². The van der Waals surface area contributed by atoms with Crippen LogP contribution in [-0.2, 0) is 22.6 Å². The van der Waals surface area contributed by atoms with E-state index in [1.807, 2.05) is 10.7 Å². The fourth-order valence-corrected chi connectivity index (χ4v) is 6.68. The molecule has 1 aliphatic rings. The quantitative estimate of drug-likeness (QED) is 0.241. The van der Waals surface area contributed by atoms with Gasteiger partial charge >= 0.3 is 0 Å². The maximum atomic E-state index is 12.8. The summed E-state index contributed by atoms with van der Waals surface area (Å²) >= 11 is 4.52. The average molecular weight is 546 g/mol. The Morgan fingerprint density at radius 2 is 2.11 bits per heavy atom. The zero-order chi connectivity index (χ0) is 25.4. The van der Waals surface area contributed by atoms with E-state index in [-0.39, 0.29) is 17.3 Å². The summed E-state index contributed by atoms with van der Waals surface area (Å²) in [4.78, 5) is 19.9. The van der Waals surface area contributed by atoms with Crippen molar-refractivity contribution in [2.24, 2.45) is 0 Å². The van der Waals surface area contributed by atoms with Gasteiger partial charge in [-0.3, -0.25) is 4.79 Å². The molecule has 0 bridgehead atoms. The lowest BCUT2D eigenvalue weighted by atomic mass is 9.90. The molecule has 1 aromatic carbocycles. The zero-order valence-corrected chi connectivity index (χ0v) is 23.2. The van der Waals surface area contributed by atoms with Crippen LogP contribution < -0.4 is 14.8 Å². The third-order valence-electron chi connectivity index (χ3n) is 6.37. The molecule has 4 heterocycles. The van der Waals surface area contributed by atoms with Crippen molar-refractivity contribution in [2.75, 3.05) is 31.5 Å². The number of hydrogen-bond donors (Lipinski definition) is 1. The Labute approximate surface area is 221 Å². The second-order valence-corrected chi connectivity index (χ2v) is 11.4. The van der Waals surface area contributed by atoms with Gasteiger partial charge in [-0.25, -0.2) is 9.38 Å². The molecule has 1 atom stereocenters. The molecule has 0 aliphatic carbocycles. The number of thiophene rings is 1. The van der Waals surface area contributed by atoms with Crippen LogP contribution in [0.4, 0.5) is 5.69 Å². The highest BCUT2D eigenvalue weighted by Crippen LogP contribution is 2.42. The van der Waals surface area contributed by atoms with Crippen LogP contribution in [0.15, 0.2) is 28.5 Å². The molecule has 36 heavy (non-hydrogen) atoms. The van der Waals surface area contributed by atoms with Gasteiger partial charge in [-0.05, 0) is 37.3 Å². The van der Waals surface area contributed by atoms with E-state index in [4.69, 9.17) is 19.2 Å². The third-order valence-corrected chi connectivity index (χ3v) is 9.03. The highest BCUT2D eigenvalue weighted by Gasteiger charge is 2.33. The summed E-state index contributed by atoms with van der Waals surface area (Å²) in [5.74, 6) is 1.16. The normalized spacial score (nSPS) is 17.4. The number of nitrogens with zero attached hydrogens (tertiary/aromatic N) is 4. The van der Waals surface area contributed by atoms with Gasteiger partial charge in [0.05, 0.1) is 43.3 Å². The van der Waals surface area contributed by atoms with Crippen LogP contribution in [0.25, 0.3) is 15.9 Å².